The summed E-state index contributed by atoms with van der Waals surface area (Å²) in [5.41, 5.74) is 16.2. The van der Waals surface area contributed by atoms with Crippen LogP contribution >= 0.6 is 0 Å². The molecule has 0 unspecified atom stereocenters. The number of hydrogen-bond donors (Lipinski definition) is 4. The Morgan fingerprint density at radius 1 is 0.762 bits per heavy atom. The maximum Gasteiger partial charge on any atom is 0.291 e. The Bertz CT molecular complexity index is 732. The van der Waals surface area contributed by atoms with Gasteiger partial charge >= 0.3 is 0 Å². The van der Waals surface area contributed by atoms with E-state index in [-0.39, 0.29) is 22.5 Å². The summed E-state index contributed by atoms with van der Waals surface area (Å²) in [5, 5.41) is 2.84. The minimum atomic E-state index is -0.250. The van der Waals surface area contributed by atoms with Crippen LogP contribution in [0.25, 0.3) is 0 Å². The van der Waals surface area contributed by atoms with Gasteiger partial charge in [0.1, 0.15) is 23.0 Å². The summed E-state index contributed by atoms with van der Waals surface area (Å²) in [6.45, 7) is 0. The van der Waals surface area contributed by atoms with Gasteiger partial charge in [-0.1, -0.05) is 0 Å². The summed E-state index contributed by atoms with van der Waals surface area (Å²) in [4.78, 5) is 22.1. The van der Waals surface area contributed by atoms with Crippen LogP contribution in [0.3, 0.4) is 0 Å². The first-order valence-electron chi connectivity index (χ1n) is 6.11. The van der Waals surface area contributed by atoms with Gasteiger partial charge in [-0.15, -0.1) is 0 Å². The summed E-state index contributed by atoms with van der Waals surface area (Å²) in [6, 6.07) is 0. The lowest BCUT2D eigenvalue weighted by Crippen LogP contribution is -2.18. The van der Waals surface area contributed by atoms with Gasteiger partial charge in [-0.25, -0.2) is 0 Å². The standard InChI is InChI=1S/C6H12N4O.C5H10N4O/c1-8-5-4(7)6(11)10(3)9(5)2;1-8-4(7)3(6)5(10)9(8)2/h8H,7H2,1-3H3;6-7H2,1-2H3. The zero-order valence-electron chi connectivity index (χ0n) is 12.8. The van der Waals surface area contributed by atoms with E-state index in [4.69, 9.17) is 17.2 Å². The minimum Gasteiger partial charge on any atom is -0.391 e. The first-order chi connectivity index (χ1) is 9.64. The lowest BCUT2D eigenvalue weighted by molar-refractivity contribution is 0.584. The Hall–Kier alpha value is -2.78. The van der Waals surface area contributed by atoms with Crippen molar-refractivity contribution >= 4 is 23.0 Å². The third-order valence-corrected chi connectivity index (χ3v) is 3.39. The van der Waals surface area contributed by atoms with Gasteiger partial charge in [0.2, 0.25) is 0 Å². The molecule has 0 atom stereocenters. The zero-order chi connectivity index (χ0) is 16.5. The van der Waals surface area contributed by atoms with E-state index in [0.29, 0.717) is 11.6 Å². The molecule has 2 aromatic rings. The molecule has 2 rings (SSSR count). The molecule has 0 spiro atoms. The van der Waals surface area contributed by atoms with Crippen molar-refractivity contribution in [3.05, 3.63) is 20.7 Å². The minimum absolute atomic E-state index is 0.116. The number of aromatic nitrogens is 4. The van der Waals surface area contributed by atoms with Crippen molar-refractivity contribution in [1.29, 1.82) is 0 Å². The van der Waals surface area contributed by atoms with Gasteiger partial charge in [0.15, 0.2) is 0 Å². The van der Waals surface area contributed by atoms with E-state index in [1.807, 2.05) is 0 Å². The molecule has 0 fully saturated rings. The molecule has 2 heterocycles. The average Bonchev–Trinajstić information content (AvgIpc) is 2.76. The van der Waals surface area contributed by atoms with Crippen molar-refractivity contribution in [2.24, 2.45) is 28.2 Å². The van der Waals surface area contributed by atoms with Gasteiger partial charge in [-0.05, 0) is 0 Å². The maximum atomic E-state index is 11.1. The summed E-state index contributed by atoms with van der Waals surface area (Å²) < 4.78 is 5.96. The molecule has 0 saturated carbocycles. The highest BCUT2D eigenvalue weighted by Gasteiger charge is 2.10. The monoisotopic (exact) mass is 298 g/mol. The Labute approximate surface area is 121 Å². The Balaban J connectivity index is 0.000000211. The van der Waals surface area contributed by atoms with E-state index in [2.05, 4.69) is 5.32 Å². The van der Waals surface area contributed by atoms with Crippen molar-refractivity contribution in [3.63, 3.8) is 0 Å². The van der Waals surface area contributed by atoms with Gasteiger partial charge in [0.25, 0.3) is 11.1 Å². The number of hydrogen-bond acceptors (Lipinski definition) is 6. The first kappa shape index (κ1) is 16.3. The van der Waals surface area contributed by atoms with Crippen LogP contribution in [0.5, 0.6) is 0 Å². The first-order valence-corrected chi connectivity index (χ1v) is 6.11. The highest BCUT2D eigenvalue weighted by atomic mass is 16.1. The van der Waals surface area contributed by atoms with Gasteiger partial charge in [-0.3, -0.25) is 28.3 Å². The second-order valence-corrected chi connectivity index (χ2v) is 4.52. The molecule has 7 N–H and O–H groups in total. The highest BCUT2D eigenvalue weighted by molar-refractivity contribution is 5.60. The lowest BCUT2D eigenvalue weighted by Gasteiger charge is -2.03. The van der Waals surface area contributed by atoms with Crippen LogP contribution in [0, 0.1) is 0 Å². The van der Waals surface area contributed by atoms with Crippen LogP contribution in [-0.2, 0) is 28.2 Å². The molecule has 0 bridgehead atoms. The van der Waals surface area contributed by atoms with Gasteiger partial charge in [-0.2, -0.15) is 0 Å². The van der Waals surface area contributed by atoms with Crippen molar-refractivity contribution in [3.8, 4) is 0 Å². The van der Waals surface area contributed by atoms with Crippen molar-refractivity contribution in [1.82, 2.24) is 18.7 Å². The summed E-state index contributed by atoms with van der Waals surface area (Å²) >= 11 is 0. The second kappa shape index (κ2) is 5.69. The third-order valence-electron chi connectivity index (χ3n) is 3.39. The maximum absolute atomic E-state index is 11.1. The molecule has 0 saturated heterocycles. The summed E-state index contributed by atoms with van der Waals surface area (Å²) in [5.74, 6) is 0.963. The van der Waals surface area contributed by atoms with Crippen molar-refractivity contribution in [2.45, 2.75) is 0 Å². The molecular formula is C11H22N8O2. The van der Waals surface area contributed by atoms with Crippen LogP contribution in [0.15, 0.2) is 9.59 Å². The second-order valence-electron chi connectivity index (χ2n) is 4.52. The third kappa shape index (κ3) is 2.59. The van der Waals surface area contributed by atoms with Crippen LogP contribution in [0.1, 0.15) is 0 Å². The molecular weight excluding hydrogens is 276 g/mol. The fraction of sp³-hybridized carbons (Fsp3) is 0.455. The van der Waals surface area contributed by atoms with E-state index < -0.39 is 0 Å². The van der Waals surface area contributed by atoms with Crippen molar-refractivity contribution < 1.29 is 0 Å². The molecule has 10 heteroatoms. The van der Waals surface area contributed by atoms with E-state index in [9.17, 15) is 9.59 Å². The van der Waals surface area contributed by atoms with Crippen LogP contribution in [-0.4, -0.2) is 25.8 Å². The number of nitrogens with one attached hydrogen (secondary N) is 1. The number of nitrogens with two attached hydrogens (primary N) is 3. The molecule has 0 amide bonds. The number of anilines is 4. The SMILES string of the molecule is CNc1c(N)c(=O)n(C)n1C.Cn1c(N)c(N)c(=O)n1C. The van der Waals surface area contributed by atoms with E-state index in [1.54, 1.807) is 39.9 Å². The van der Waals surface area contributed by atoms with Gasteiger partial charge in [0, 0.05) is 35.2 Å². The smallest absolute Gasteiger partial charge is 0.291 e. The van der Waals surface area contributed by atoms with Gasteiger partial charge < -0.3 is 22.5 Å². The van der Waals surface area contributed by atoms with Crippen molar-refractivity contribution in [2.75, 3.05) is 29.6 Å². The van der Waals surface area contributed by atoms with E-state index >= 15 is 0 Å². The fourth-order valence-corrected chi connectivity index (χ4v) is 1.79. The van der Waals surface area contributed by atoms with E-state index in [1.165, 1.54) is 14.0 Å². The van der Waals surface area contributed by atoms with Crippen LogP contribution < -0.4 is 33.6 Å². The summed E-state index contributed by atoms with van der Waals surface area (Å²) in [7, 11) is 8.44. The largest absolute Gasteiger partial charge is 0.391 e. The van der Waals surface area contributed by atoms with Gasteiger partial charge in [0.05, 0.1) is 0 Å². The number of nitrogen functional groups attached to an aromatic ring is 3. The molecule has 0 aromatic carbocycles. The Kier molecular flexibility index (Phi) is 4.41. The summed E-state index contributed by atoms with van der Waals surface area (Å²) in [6.07, 6.45) is 0. The molecule has 118 valence electrons. The Morgan fingerprint density at radius 2 is 1.19 bits per heavy atom. The molecule has 0 radical (unpaired) electrons. The van der Waals surface area contributed by atoms with E-state index in [0.717, 1.165) is 0 Å². The predicted molar refractivity (Wildman–Crippen MR) is 84.1 cm³/mol. The highest BCUT2D eigenvalue weighted by Crippen LogP contribution is 2.10. The normalized spacial score (nSPS) is 10.1. The Morgan fingerprint density at radius 3 is 1.33 bits per heavy atom. The molecule has 0 aliphatic heterocycles. The fourth-order valence-electron chi connectivity index (χ4n) is 1.79. The lowest BCUT2D eigenvalue weighted by atomic mass is 10.5. The van der Waals surface area contributed by atoms with Crippen LogP contribution in [0.4, 0.5) is 23.0 Å². The molecule has 0 aliphatic carbocycles. The number of rotatable bonds is 1. The predicted octanol–water partition coefficient (Wildman–Crippen LogP) is -1.76. The molecule has 0 aliphatic rings. The number of nitrogens with zero attached hydrogens (tertiary/aromatic N) is 4. The topological polar surface area (TPSA) is 144 Å². The quantitative estimate of drug-likeness (QED) is 0.491. The molecule has 2 aromatic heterocycles. The molecule has 10 nitrogen and oxygen atoms in total. The average molecular weight is 298 g/mol. The zero-order valence-corrected chi connectivity index (χ0v) is 12.8. The molecule has 21 heavy (non-hydrogen) atoms. The van der Waals surface area contributed by atoms with Crippen LogP contribution in [0.2, 0.25) is 0 Å².